The molecule has 20 heavy (non-hydrogen) atoms. The molecule has 0 bridgehead atoms. The molecule has 1 N–H and O–H groups in total. The Balaban J connectivity index is 2.22. The second-order valence-corrected chi connectivity index (χ2v) is 4.75. The third-order valence-electron chi connectivity index (χ3n) is 3.42. The molecule has 3 aromatic rings. The lowest BCUT2D eigenvalue weighted by Gasteiger charge is -2.11. The lowest BCUT2D eigenvalue weighted by Crippen LogP contribution is -2.02. The molecule has 0 aliphatic heterocycles. The molecule has 0 fully saturated rings. The van der Waals surface area contributed by atoms with Crippen molar-refractivity contribution in [1.29, 1.82) is 0 Å². The van der Waals surface area contributed by atoms with E-state index in [2.05, 4.69) is 32.4 Å². The third kappa shape index (κ3) is 2.09. The minimum Gasteiger partial charge on any atom is -0.371 e. The summed E-state index contributed by atoms with van der Waals surface area (Å²) in [5, 5.41) is 4.22. The summed E-state index contributed by atoms with van der Waals surface area (Å²) in [7, 11) is 1.87. The van der Waals surface area contributed by atoms with Crippen molar-refractivity contribution in [2.24, 2.45) is 0 Å². The molecule has 4 heteroatoms. The van der Waals surface area contributed by atoms with Crippen LogP contribution < -0.4 is 5.32 Å². The van der Waals surface area contributed by atoms with Crippen LogP contribution in [0, 0.1) is 13.8 Å². The Morgan fingerprint density at radius 1 is 1.00 bits per heavy atom. The fraction of sp³-hybridized carbons (Fsp3) is 0.188. The zero-order valence-corrected chi connectivity index (χ0v) is 11.8. The van der Waals surface area contributed by atoms with E-state index in [1.54, 1.807) is 6.20 Å². The summed E-state index contributed by atoms with van der Waals surface area (Å²) in [4.78, 5) is 13.6. The van der Waals surface area contributed by atoms with Crippen LogP contribution in [0.15, 0.2) is 36.5 Å². The predicted octanol–water partition coefficient (Wildman–Crippen LogP) is 3.35. The van der Waals surface area contributed by atoms with Crippen molar-refractivity contribution in [2.45, 2.75) is 13.8 Å². The second-order valence-electron chi connectivity index (χ2n) is 4.75. The van der Waals surface area contributed by atoms with Crippen molar-refractivity contribution in [1.82, 2.24) is 15.0 Å². The fourth-order valence-corrected chi connectivity index (χ4v) is 2.20. The van der Waals surface area contributed by atoms with Gasteiger partial charge in [0, 0.05) is 24.2 Å². The van der Waals surface area contributed by atoms with E-state index in [0.717, 1.165) is 39.4 Å². The first-order valence-corrected chi connectivity index (χ1v) is 6.57. The number of aromatic nitrogens is 3. The molecule has 3 rings (SSSR count). The van der Waals surface area contributed by atoms with E-state index < -0.39 is 0 Å². The molecular formula is C16H16N4. The molecule has 100 valence electrons. The third-order valence-corrected chi connectivity index (χ3v) is 3.42. The normalized spacial score (nSPS) is 10.8. The zero-order valence-electron chi connectivity index (χ0n) is 11.8. The number of benzene rings is 1. The summed E-state index contributed by atoms with van der Waals surface area (Å²) in [5.74, 6) is 0.802. The summed E-state index contributed by atoms with van der Waals surface area (Å²) < 4.78 is 0. The summed E-state index contributed by atoms with van der Waals surface area (Å²) >= 11 is 0. The second kappa shape index (κ2) is 4.89. The number of fused-ring (bicyclic) bond motifs is 1. The van der Waals surface area contributed by atoms with E-state index in [9.17, 15) is 0 Å². The van der Waals surface area contributed by atoms with Crippen LogP contribution >= 0.6 is 0 Å². The number of hydrogen-bond donors (Lipinski definition) is 1. The van der Waals surface area contributed by atoms with Gasteiger partial charge in [0.2, 0.25) is 0 Å². The van der Waals surface area contributed by atoms with Crippen molar-refractivity contribution in [3.05, 3.63) is 47.9 Å². The number of anilines is 1. The van der Waals surface area contributed by atoms with E-state index in [4.69, 9.17) is 0 Å². The predicted molar refractivity (Wildman–Crippen MR) is 81.8 cm³/mol. The van der Waals surface area contributed by atoms with Gasteiger partial charge in [0.05, 0.1) is 16.9 Å². The number of nitrogens with zero attached hydrogens (tertiary/aromatic N) is 3. The first kappa shape index (κ1) is 12.5. The number of aryl methyl sites for hydroxylation is 2. The minimum absolute atomic E-state index is 0.802. The lowest BCUT2D eigenvalue weighted by atomic mass is 10.1. The number of pyridine rings is 1. The Morgan fingerprint density at radius 3 is 2.60 bits per heavy atom. The van der Waals surface area contributed by atoms with Crippen LogP contribution in [0.25, 0.3) is 22.2 Å². The molecule has 4 nitrogen and oxygen atoms in total. The first-order chi connectivity index (χ1) is 9.69. The van der Waals surface area contributed by atoms with Crippen molar-refractivity contribution in [3.63, 3.8) is 0 Å². The van der Waals surface area contributed by atoms with Crippen LogP contribution in [-0.2, 0) is 0 Å². The maximum absolute atomic E-state index is 4.68. The Hall–Kier alpha value is -2.49. The van der Waals surface area contributed by atoms with Gasteiger partial charge in [-0.1, -0.05) is 12.1 Å². The molecule has 0 spiro atoms. The molecule has 2 aromatic heterocycles. The Labute approximate surface area is 117 Å². The van der Waals surface area contributed by atoms with Crippen molar-refractivity contribution in [3.8, 4) is 11.3 Å². The first-order valence-electron chi connectivity index (χ1n) is 6.57. The van der Waals surface area contributed by atoms with E-state index in [-0.39, 0.29) is 0 Å². The van der Waals surface area contributed by atoms with Gasteiger partial charge in [-0.3, -0.25) is 4.98 Å². The molecule has 0 radical (unpaired) electrons. The van der Waals surface area contributed by atoms with Crippen LogP contribution in [0.5, 0.6) is 0 Å². The van der Waals surface area contributed by atoms with E-state index in [0.29, 0.717) is 0 Å². The van der Waals surface area contributed by atoms with Gasteiger partial charge in [-0.15, -0.1) is 0 Å². The van der Waals surface area contributed by atoms with Gasteiger partial charge in [0.1, 0.15) is 5.69 Å². The largest absolute Gasteiger partial charge is 0.371 e. The molecule has 0 unspecified atom stereocenters. The molecule has 0 saturated carbocycles. The molecule has 0 amide bonds. The van der Waals surface area contributed by atoms with Crippen molar-refractivity contribution >= 4 is 16.7 Å². The highest BCUT2D eigenvalue weighted by atomic mass is 15.0. The number of nitrogens with one attached hydrogen (secondary N) is 1. The molecule has 0 saturated heterocycles. The van der Waals surface area contributed by atoms with Gasteiger partial charge in [-0.2, -0.15) is 0 Å². The minimum atomic E-state index is 0.802. The smallest absolute Gasteiger partial charge is 0.152 e. The number of hydrogen-bond acceptors (Lipinski definition) is 4. The highest BCUT2D eigenvalue weighted by Crippen LogP contribution is 2.27. The van der Waals surface area contributed by atoms with Crippen molar-refractivity contribution < 1.29 is 0 Å². The zero-order chi connectivity index (χ0) is 14.1. The van der Waals surface area contributed by atoms with E-state index in [1.165, 1.54) is 0 Å². The van der Waals surface area contributed by atoms with Crippen LogP contribution in [-0.4, -0.2) is 22.0 Å². The average Bonchev–Trinajstić information content (AvgIpc) is 2.49. The summed E-state index contributed by atoms with van der Waals surface area (Å²) in [6.07, 6.45) is 1.80. The quantitative estimate of drug-likeness (QED) is 0.771. The maximum Gasteiger partial charge on any atom is 0.152 e. The molecule has 2 heterocycles. The Bertz CT molecular complexity index is 781. The van der Waals surface area contributed by atoms with Crippen molar-refractivity contribution in [2.75, 3.05) is 12.4 Å². The highest BCUT2D eigenvalue weighted by molar-refractivity contribution is 5.85. The molecule has 0 aliphatic rings. The number of rotatable bonds is 2. The molecular weight excluding hydrogens is 248 g/mol. The van der Waals surface area contributed by atoms with E-state index >= 15 is 0 Å². The van der Waals surface area contributed by atoms with Gasteiger partial charge >= 0.3 is 0 Å². The van der Waals surface area contributed by atoms with Crippen LogP contribution in [0.1, 0.15) is 11.4 Å². The van der Waals surface area contributed by atoms with Crippen LogP contribution in [0.3, 0.4) is 0 Å². The SMILES string of the molecule is CNc1nc(C)c(C)nc1-c1ccc2ncccc2c1. The van der Waals surface area contributed by atoms with Crippen LogP contribution in [0.2, 0.25) is 0 Å². The molecule has 0 aliphatic carbocycles. The fourth-order valence-electron chi connectivity index (χ4n) is 2.20. The molecule has 1 aromatic carbocycles. The van der Waals surface area contributed by atoms with Gasteiger partial charge in [-0.25, -0.2) is 9.97 Å². The Kier molecular flexibility index (Phi) is 3.06. The highest BCUT2D eigenvalue weighted by Gasteiger charge is 2.10. The monoisotopic (exact) mass is 264 g/mol. The van der Waals surface area contributed by atoms with Gasteiger partial charge in [0.25, 0.3) is 0 Å². The topological polar surface area (TPSA) is 50.7 Å². The van der Waals surface area contributed by atoms with Crippen LogP contribution in [0.4, 0.5) is 5.82 Å². The van der Waals surface area contributed by atoms with Gasteiger partial charge in [-0.05, 0) is 32.0 Å². The maximum atomic E-state index is 4.68. The summed E-state index contributed by atoms with van der Waals surface area (Å²) in [6.45, 7) is 3.95. The standard InChI is InChI=1S/C16H16N4/c1-10-11(2)20-16(17-3)15(19-10)13-6-7-14-12(9-13)5-4-8-18-14/h4-9H,1-3H3,(H,17,20). The van der Waals surface area contributed by atoms with Gasteiger partial charge in [0.15, 0.2) is 5.82 Å². The molecule has 0 atom stereocenters. The summed E-state index contributed by atoms with van der Waals surface area (Å²) in [5.41, 5.74) is 4.80. The summed E-state index contributed by atoms with van der Waals surface area (Å²) in [6, 6.07) is 10.1. The van der Waals surface area contributed by atoms with E-state index in [1.807, 2.05) is 39.1 Å². The average molecular weight is 264 g/mol. The Morgan fingerprint density at radius 2 is 1.80 bits per heavy atom. The van der Waals surface area contributed by atoms with Gasteiger partial charge < -0.3 is 5.32 Å². The lowest BCUT2D eigenvalue weighted by molar-refractivity contribution is 1.05.